The average molecular weight is 405 g/mol. The molecule has 0 spiro atoms. The van der Waals surface area contributed by atoms with Gasteiger partial charge in [0.05, 0.1) is 0 Å². The summed E-state index contributed by atoms with van der Waals surface area (Å²) in [6.45, 7) is 3.11. The summed E-state index contributed by atoms with van der Waals surface area (Å²) < 4.78 is 0. The van der Waals surface area contributed by atoms with Crippen molar-refractivity contribution in [2.75, 3.05) is 31.1 Å². The second-order valence-electron chi connectivity index (χ2n) is 6.97. The van der Waals surface area contributed by atoms with Crippen molar-refractivity contribution >= 4 is 34.8 Å². The van der Waals surface area contributed by atoms with Gasteiger partial charge < -0.3 is 9.80 Å². The molecule has 1 amide bonds. The molecule has 7 heteroatoms. The van der Waals surface area contributed by atoms with E-state index >= 15 is 0 Å². The van der Waals surface area contributed by atoms with Crippen molar-refractivity contribution in [2.45, 2.75) is 18.5 Å². The smallest absolute Gasteiger partial charge is 0.241 e. The van der Waals surface area contributed by atoms with Gasteiger partial charge >= 0.3 is 0 Å². The first-order chi connectivity index (χ1) is 13.1. The summed E-state index contributed by atoms with van der Waals surface area (Å²) in [6.07, 6.45) is 0.734. The second kappa shape index (κ2) is 8.07. The highest BCUT2D eigenvalue weighted by Crippen LogP contribution is 2.25. The number of benzene rings is 2. The average Bonchev–Trinajstić information content (AvgIpc) is 3.19. The van der Waals surface area contributed by atoms with Crippen molar-refractivity contribution in [3.63, 3.8) is 0 Å². The first-order valence-electron chi connectivity index (χ1n) is 9.16. The standard InChI is InChI=1S/C20H22Cl2N4O/c21-15-3-1-14(2-4-15)18-13-19(24-23-18)20(27)26-11-9-25(10-12-26)17-7-5-16(22)6-8-17/h1-8,18-19,23-24H,9-13H2. The number of rotatable bonds is 3. The van der Waals surface area contributed by atoms with E-state index in [2.05, 4.69) is 15.8 Å². The molecule has 2 fully saturated rings. The number of anilines is 1. The molecule has 2 heterocycles. The van der Waals surface area contributed by atoms with Crippen LogP contribution in [0, 0.1) is 0 Å². The molecule has 27 heavy (non-hydrogen) atoms. The van der Waals surface area contributed by atoms with Gasteiger partial charge in [-0.1, -0.05) is 35.3 Å². The summed E-state index contributed by atoms with van der Waals surface area (Å²) in [5.41, 5.74) is 8.68. The van der Waals surface area contributed by atoms with E-state index in [-0.39, 0.29) is 18.0 Å². The highest BCUT2D eigenvalue weighted by atomic mass is 35.5. The Bertz CT molecular complexity index is 789. The molecule has 2 aromatic carbocycles. The molecule has 5 nitrogen and oxygen atoms in total. The fraction of sp³-hybridized carbons (Fsp3) is 0.350. The molecule has 2 aliphatic heterocycles. The lowest BCUT2D eigenvalue weighted by molar-refractivity contribution is -0.133. The molecule has 2 unspecified atom stereocenters. The first kappa shape index (κ1) is 18.6. The number of amides is 1. The molecule has 4 rings (SSSR count). The Morgan fingerprint density at radius 3 is 2.07 bits per heavy atom. The number of piperazine rings is 1. The Balaban J connectivity index is 1.32. The van der Waals surface area contributed by atoms with Gasteiger partial charge in [-0.3, -0.25) is 4.79 Å². The lowest BCUT2D eigenvalue weighted by Crippen LogP contribution is -2.53. The van der Waals surface area contributed by atoms with Crippen LogP contribution in [0.25, 0.3) is 0 Å². The number of hydrogen-bond acceptors (Lipinski definition) is 4. The number of halogens is 2. The van der Waals surface area contributed by atoms with Crippen molar-refractivity contribution in [1.82, 2.24) is 15.8 Å². The Labute approximate surface area is 169 Å². The Morgan fingerprint density at radius 1 is 0.852 bits per heavy atom. The topological polar surface area (TPSA) is 47.6 Å². The van der Waals surface area contributed by atoms with Crippen LogP contribution in [0.1, 0.15) is 18.0 Å². The molecule has 142 valence electrons. The van der Waals surface area contributed by atoms with Gasteiger partial charge in [0.15, 0.2) is 0 Å². The number of hydrazine groups is 1. The van der Waals surface area contributed by atoms with Crippen LogP contribution in [0.3, 0.4) is 0 Å². The van der Waals surface area contributed by atoms with Crippen molar-refractivity contribution in [3.05, 3.63) is 64.1 Å². The van der Waals surface area contributed by atoms with Crippen LogP contribution < -0.4 is 15.8 Å². The van der Waals surface area contributed by atoms with E-state index < -0.39 is 0 Å². The molecular formula is C20H22Cl2N4O. The minimum atomic E-state index is -0.201. The zero-order valence-electron chi connectivity index (χ0n) is 14.9. The van der Waals surface area contributed by atoms with Gasteiger partial charge in [0.2, 0.25) is 5.91 Å². The molecule has 0 aromatic heterocycles. The van der Waals surface area contributed by atoms with Crippen LogP contribution in [-0.4, -0.2) is 43.0 Å². The number of nitrogens with zero attached hydrogens (tertiary/aromatic N) is 2. The van der Waals surface area contributed by atoms with Gasteiger partial charge in [0.1, 0.15) is 6.04 Å². The van der Waals surface area contributed by atoms with Crippen LogP contribution in [0.5, 0.6) is 0 Å². The normalized spacial score (nSPS) is 22.9. The van der Waals surface area contributed by atoms with Gasteiger partial charge in [-0.2, -0.15) is 0 Å². The number of carbonyl (C=O) groups excluding carboxylic acids is 1. The number of nitrogens with one attached hydrogen (secondary N) is 2. The predicted molar refractivity (Wildman–Crippen MR) is 109 cm³/mol. The zero-order valence-corrected chi connectivity index (χ0v) is 16.4. The molecule has 0 aliphatic carbocycles. The molecular weight excluding hydrogens is 383 g/mol. The van der Waals surface area contributed by atoms with E-state index in [1.54, 1.807) is 0 Å². The Morgan fingerprint density at radius 2 is 1.44 bits per heavy atom. The molecule has 0 bridgehead atoms. The fourth-order valence-electron chi connectivity index (χ4n) is 3.69. The highest BCUT2D eigenvalue weighted by Gasteiger charge is 2.34. The summed E-state index contributed by atoms with van der Waals surface area (Å²) >= 11 is 11.9. The van der Waals surface area contributed by atoms with E-state index in [1.165, 1.54) is 0 Å². The van der Waals surface area contributed by atoms with E-state index in [9.17, 15) is 4.79 Å². The van der Waals surface area contributed by atoms with Gasteiger partial charge in [-0.05, 0) is 48.4 Å². The summed E-state index contributed by atoms with van der Waals surface area (Å²) in [6, 6.07) is 15.5. The fourth-order valence-corrected chi connectivity index (χ4v) is 3.94. The Kier molecular flexibility index (Phi) is 5.55. The van der Waals surface area contributed by atoms with Crippen molar-refractivity contribution < 1.29 is 4.79 Å². The maximum atomic E-state index is 12.9. The van der Waals surface area contributed by atoms with Crippen LogP contribution in [0.2, 0.25) is 10.0 Å². The quantitative estimate of drug-likeness (QED) is 0.823. The van der Waals surface area contributed by atoms with E-state index in [0.29, 0.717) is 0 Å². The van der Waals surface area contributed by atoms with Gasteiger partial charge in [0.25, 0.3) is 0 Å². The summed E-state index contributed by atoms with van der Waals surface area (Å²) in [4.78, 5) is 17.1. The molecule has 2 aromatic rings. The maximum absolute atomic E-state index is 12.9. The minimum Gasteiger partial charge on any atom is -0.368 e. The van der Waals surface area contributed by atoms with Crippen LogP contribution in [0.4, 0.5) is 5.69 Å². The molecule has 2 N–H and O–H groups in total. The third-order valence-corrected chi connectivity index (χ3v) is 5.76. The summed E-state index contributed by atoms with van der Waals surface area (Å²) in [7, 11) is 0. The minimum absolute atomic E-state index is 0.117. The van der Waals surface area contributed by atoms with Gasteiger partial charge in [0, 0.05) is 48.0 Å². The SMILES string of the molecule is O=C(C1CC(c2ccc(Cl)cc2)NN1)N1CCN(c2ccc(Cl)cc2)CC1. The van der Waals surface area contributed by atoms with E-state index in [1.807, 2.05) is 53.4 Å². The number of hydrogen-bond donors (Lipinski definition) is 2. The molecule has 0 saturated carbocycles. The third kappa shape index (κ3) is 4.22. The third-order valence-electron chi connectivity index (χ3n) is 5.26. The second-order valence-corrected chi connectivity index (χ2v) is 7.84. The monoisotopic (exact) mass is 404 g/mol. The molecule has 2 saturated heterocycles. The maximum Gasteiger partial charge on any atom is 0.241 e. The molecule has 2 atom stereocenters. The molecule has 2 aliphatic rings. The van der Waals surface area contributed by atoms with Crippen molar-refractivity contribution in [3.8, 4) is 0 Å². The zero-order chi connectivity index (χ0) is 18.8. The van der Waals surface area contributed by atoms with Gasteiger partial charge in [-0.15, -0.1) is 0 Å². The van der Waals surface area contributed by atoms with Crippen molar-refractivity contribution in [1.29, 1.82) is 0 Å². The van der Waals surface area contributed by atoms with Crippen LogP contribution in [0.15, 0.2) is 48.5 Å². The predicted octanol–water partition coefficient (Wildman–Crippen LogP) is 3.25. The lowest BCUT2D eigenvalue weighted by atomic mass is 10.0. The Hall–Kier alpha value is -1.79. The lowest BCUT2D eigenvalue weighted by Gasteiger charge is -2.37. The summed E-state index contributed by atoms with van der Waals surface area (Å²) in [5.74, 6) is 0.162. The van der Waals surface area contributed by atoms with Crippen LogP contribution in [-0.2, 0) is 4.79 Å². The van der Waals surface area contributed by atoms with E-state index in [4.69, 9.17) is 23.2 Å². The van der Waals surface area contributed by atoms with Gasteiger partial charge in [-0.25, -0.2) is 10.9 Å². The largest absolute Gasteiger partial charge is 0.368 e. The summed E-state index contributed by atoms with van der Waals surface area (Å²) in [5, 5.41) is 1.46. The van der Waals surface area contributed by atoms with Crippen LogP contribution >= 0.6 is 23.2 Å². The first-order valence-corrected chi connectivity index (χ1v) is 9.91. The number of carbonyl (C=O) groups is 1. The molecule has 0 radical (unpaired) electrons. The highest BCUT2D eigenvalue weighted by molar-refractivity contribution is 6.30. The van der Waals surface area contributed by atoms with E-state index in [0.717, 1.165) is 53.9 Å². The van der Waals surface area contributed by atoms with Crippen molar-refractivity contribution in [2.24, 2.45) is 0 Å².